The first kappa shape index (κ1) is 16.9. The van der Waals surface area contributed by atoms with E-state index in [1.165, 1.54) is 12.1 Å². The van der Waals surface area contributed by atoms with Crippen LogP contribution in [0.3, 0.4) is 0 Å². The maximum Gasteiger partial charge on any atom is 0.165 e. The summed E-state index contributed by atoms with van der Waals surface area (Å²) in [6, 6.07) is 4.26. The summed E-state index contributed by atoms with van der Waals surface area (Å²) in [5.74, 6) is -0.496. The number of hydrogen-bond acceptors (Lipinski definition) is 4. The van der Waals surface area contributed by atoms with E-state index in [1.54, 1.807) is 13.0 Å². The molecule has 4 nitrogen and oxygen atoms in total. The van der Waals surface area contributed by atoms with Gasteiger partial charge in [-0.1, -0.05) is 19.4 Å². The maximum absolute atomic E-state index is 13.7. The molecule has 1 rings (SSSR count). The molecule has 0 spiro atoms. The van der Waals surface area contributed by atoms with E-state index >= 15 is 0 Å². The Morgan fingerprint density at radius 1 is 1.25 bits per heavy atom. The van der Waals surface area contributed by atoms with Crippen LogP contribution in [0.25, 0.3) is 0 Å². The van der Waals surface area contributed by atoms with Crippen LogP contribution < -0.4 is 4.74 Å². The molecule has 2 atom stereocenters. The quantitative estimate of drug-likeness (QED) is 0.685. The second-order valence-corrected chi connectivity index (χ2v) is 4.76. The van der Waals surface area contributed by atoms with Crippen LogP contribution in [0, 0.1) is 5.82 Å². The average molecular weight is 286 g/mol. The van der Waals surface area contributed by atoms with Crippen molar-refractivity contribution in [2.75, 3.05) is 19.8 Å². The third-order valence-electron chi connectivity index (χ3n) is 2.82. The summed E-state index contributed by atoms with van der Waals surface area (Å²) < 4.78 is 24.1. The Bertz CT molecular complexity index is 395. The van der Waals surface area contributed by atoms with E-state index in [0.29, 0.717) is 12.2 Å². The van der Waals surface area contributed by atoms with Crippen LogP contribution in [0.2, 0.25) is 0 Å². The van der Waals surface area contributed by atoms with Crippen LogP contribution in [0.1, 0.15) is 38.4 Å². The molecule has 0 aromatic heterocycles. The Labute approximate surface area is 119 Å². The lowest BCUT2D eigenvalue weighted by molar-refractivity contribution is 0.0106. The zero-order valence-corrected chi connectivity index (χ0v) is 12.0. The molecule has 0 aliphatic carbocycles. The maximum atomic E-state index is 13.7. The summed E-state index contributed by atoms with van der Waals surface area (Å²) in [5, 5.41) is 19.0. The van der Waals surface area contributed by atoms with Crippen molar-refractivity contribution in [3.63, 3.8) is 0 Å². The number of aliphatic hydroxyl groups is 2. The largest absolute Gasteiger partial charge is 0.488 e. The number of hydrogen-bond donors (Lipinski definition) is 2. The molecule has 0 saturated heterocycles. The highest BCUT2D eigenvalue weighted by Crippen LogP contribution is 2.22. The number of unbranched alkanes of at least 4 members (excludes halogenated alkanes) is 1. The summed E-state index contributed by atoms with van der Waals surface area (Å²) in [6.45, 7) is 4.37. The number of rotatable bonds is 9. The lowest BCUT2D eigenvalue weighted by atomic mass is 10.1. The van der Waals surface area contributed by atoms with Gasteiger partial charge in [0.25, 0.3) is 0 Å². The van der Waals surface area contributed by atoms with E-state index < -0.39 is 18.0 Å². The van der Waals surface area contributed by atoms with Gasteiger partial charge in [0, 0.05) is 6.61 Å². The predicted octanol–water partition coefficient (Wildman–Crippen LogP) is 2.44. The molecule has 0 heterocycles. The molecule has 1 aromatic carbocycles. The van der Waals surface area contributed by atoms with Gasteiger partial charge in [0.05, 0.1) is 12.7 Å². The van der Waals surface area contributed by atoms with Crippen molar-refractivity contribution in [1.82, 2.24) is 0 Å². The smallest absolute Gasteiger partial charge is 0.165 e. The number of halogens is 1. The summed E-state index contributed by atoms with van der Waals surface area (Å²) in [6.07, 6.45) is 0.468. The van der Waals surface area contributed by atoms with Crippen molar-refractivity contribution in [2.24, 2.45) is 0 Å². The first-order valence-corrected chi connectivity index (χ1v) is 6.90. The minimum atomic E-state index is -0.789. The Kier molecular flexibility index (Phi) is 7.51. The standard InChI is InChI=1S/C15H23FO4/c1-3-4-7-19-9-13(18)10-20-15-6-5-12(11(2)17)8-14(15)16/h5-6,8,11,13,17-18H,3-4,7,9-10H2,1-2H3/t11-,13?/m1/s1. The van der Waals surface area contributed by atoms with Crippen molar-refractivity contribution < 1.29 is 24.1 Å². The van der Waals surface area contributed by atoms with Gasteiger partial charge in [-0.05, 0) is 31.0 Å². The molecular formula is C15H23FO4. The van der Waals surface area contributed by atoms with E-state index in [1.807, 2.05) is 0 Å². The lowest BCUT2D eigenvalue weighted by Crippen LogP contribution is -2.24. The van der Waals surface area contributed by atoms with Crippen molar-refractivity contribution in [1.29, 1.82) is 0 Å². The molecule has 0 radical (unpaired) electrons. The molecule has 0 saturated carbocycles. The van der Waals surface area contributed by atoms with Gasteiger partial charge in [0.15, 0.2) is 11.6 Å². The Balaban J connectivity index is 2.37. The van der Waals surface area contributed by atoms with Crippen molar-refractivity contribution in [3.8, 4) is 5.75 Å². The number of aliphatic hydroxyl groups excluding tert-OH is 2. The van der Waals surface area contributed by atoms with Gasteiger partial charge in [-0.25, -0.2) is 4.39 Å². The van der Waals surface area contributed by atoms with Gasteiger partial charge < -0.3 is 19.7 Å². The van der Waals surface area contributed by atoms with E-state index in [2.05, 4.69) is 6.92 Å². The van der Waals surface area contributed by atoms with Gasteiger partial charge >= 0.3 is 0 Å². The van der Waals surface area contributed by atoms with Crippen LogP contribution in [0.4, 0.5) is 4.39 Å². The molecule has 1 unspecified atom stereocenters. The highest BCUT2D eigenvalue weighted by Gasteiger charge is 2.10. The monoisotopic (exact) mass is 286 g/mol. The molecule has 1 aromatic rings. The van der Waals surface area contributed by atoms with Crippen molar-refractivity contribution in [2.45, 2.75) is 38.9 Å². The highest BCUT2D eigenvalue weighted by atomic mass is 19.1. The van der Waals surface area contributed by atoms with Crippen LogP contribution in [0.15, 0.2) is 18.2 Å². The summed E-state index contributed by atoms with van der Waals surface area (Å²) in [5.41, 5.74) is 0.485. The summed E-state index contributed by atoms with van der Waals surface area (Å²) >= 11 is 0. The lowest BCUT2D eigenvalue weighted by Gasteiger charge is -2.14. The van der Waals surface area contributed by atoms with Crippen molar-refractivity contribution >= 4 is 0 Å². The molecule has 5 heteroatoms. The fourth-order valence-corrected chi connectivity index (χ4v) is 1.59. The first-order valence-electron chi connectivity index (χ1n) is 6.90. The van der Waals surface area contributed by atoms with E-state index in [-0.39, 0.29) is 19.0 Å². The van der Waals surface area contributed by atoms with Crippen LogP contribution in [-0.2, 0) is 4.74 Å². The predicted molar refractivity (Wildman–Crippen MR) is 74.3 cm³/mol. The highest BCUT2D eigenvalue weighted by molar-refractivity contribution is 5.30. The molecule has 0 bridgehead atoms. The third kappa shape index (κ3) is 5.86. The topological polar surface area (TPSA) is 58.9 Å². The first-order chi connectivity index (χ1) is 9.54. The van der Waals surface area contributed by atoms with Crippen LogP contribution in [-0.4, -0.2) is 36.1 Å². The second kappa shape index (κ2) is 8.89. The summed E-state index contributed by atoms with van der Waals surface area (Å²) in [4.78, 5) is 0. The van der Waals surface area contributed by atoms with Gasteiger partial charge in [-0.15, -0.1) is 0 Å². The normalized spacial score (nSPS) is 14.1. The Morgan fingerprint density at radius 2 is 2.00 bits per heavy atom. The number of benzene rings is 1. The Morgan fingerprint density at radius 3 is 2.60 bits per heavy atom. The molecule has 2 N–H and O–H groups in total. The second-order valence-electron chi connectivity index (χ2n) is 4.76. The molecular weight excluding hydrogens is 263 g/mol. The minimum absolute atomic E-state index is 0.0307. The van der Waals surface area contributed by atoms with Gasteiger partial charge in [0.2, 0.25) is 0 Å². The zero-order valence-electron chi connectivity index (χ0n) is 12.0. The fourth-order valence-electron chi connectivity index (χ4n) is 1.59. The molecule has 114 valence electrons. The summed E-state index contributed by atoms with van der Waals surface area (Å²) in [7, 11) is 0. The van der Waals surface area contributed by atoms with E-state index in [4.69, 9.17) is 9.47 Å². The van der Waals surface area contributed by atoms with Gasteiger partial charge in [-0.3, -0.25) is 0 Å². The fraction of sp³-hybridized carbons (Fsp3) is 0.600. The Hall–Kier alpha value is -1.17. The SMILES string of the molecule is CCCCOCC(O)COc1ccc([C@@H](C)O)cc1F. The van der Waals surface area contributed by atoms with E-state index in [0.717, 1.165) is 12.8 Å². The van der Waals surface area contributed by atoms with Crippen LogP contribution in [0.5, 0.6) is 5.75 Å². The molecule has 0 aliphatic heterocycles. The van der Waals surface area contributed by atoms with Crippen LogP contribution >= 0.6 is 0 Å². The van der Waals surface area contributed by atoms with Crippen molar-refractivity contribution in [3.05, 3.63) is 29.6 Å². The molecule has 20 heavy (non-hydrogen) atoms. The zero-order chi connectivity index (χ0) is 15.0. The number of ether oxygens (including phenoxy) is 2. The molecule has 0 amide bonds. The molecule has 0 fully saturated rings. The third-order valence-corrected chi connectivity index (χ3v) is 2.82. The molecule has 0 aliphatic rings. The minimum Gasteiger partial charge on any atom is -0.488 e. The van der Waals surface area contributed by atoms with E-state index in [9.17, 15) is 14.6 Å². The van der Waals surface area contributed by atoms with Gasteiger partial charge in [-0.2, -0.15) is 0 Å². The van der Waals surface area contributed by atoms with Gasteiger partial charge in [0.1, 0.15) is 12.7 Å². The average Bonchev–Trinajstić information content (AvgIpc) is 2.42.